The van der Waals surface area contributed by atoms with Gasteiger partial charge in [-0.05, 0) is 30.2 Å². The summed E-state index contributed by atoms with van der Waals surface area (Å²) in [7, 11) is 0. The van der Waals surface area contributed by atoms with Crippen molar-refractivity contribution >= 4 is 15.9 Å². The van der Waals surface area contributed by atoms with Gasteiger partial charge in [-0.15, -0.1) is 0 Å². The van der Waals surface area contributed by atoms with Gasteiger partial charge in [0, 0.05) is 9.89 Å². The first kappa shape index (κ1) is 11.1. The molecule has 1 atom stereocenters. The van der Waals surface area contributed by atoms with Gasteiger partial charge in [-0.3, -0.25) is 0 Å². The van der Waals surface area contributed by atoms with Crippen LogP contribution in [0.1, 0.15) is 12.5 Å². The van der Waals surface area contributed by atoms with Crippen LogP contribution in [0.5, 0.6) is 0 Å². The number of halogens is 1. The summed E-state index contributed by atoms with van der Waals surface area (Å²) in [5.41, 5.74) is 7.25. The monoisotopic (exact) mass is 269 g/mol. The molecule has 1 aromatic rings. The summed E-state index contributed by atoms with van der Waals surface area (Å²) in [6.45, 7) is 4.49. The van der Waals surface area contributed by atoms with E-state index in [2.05, 4.69) is 41.1 Å². The minimum absolute atomic E-state index is 0.137. The predicted molar refractivity (Wildman–Crippen MR) is 64.9 cm³/mol. The summed E-state index contributed by atoms with van der Waals surface area (Å²) < 4.78 is 6.51. The Labute approximate surface area is 98.9 Å². The minimum Gasteiger partial charge on any atom is -0.379 e. The second-order valence-corrected chi connectivity index (χ2v) is 5.21. The minimum atomic E-state index is 0.137. The SMILES string of the molecule is CC(CN)C1(c2cccc(Br)c2)COC1. The average molecular weight is 270 g/mol. The number of hydrogen-bond acceptors (Lipinski definition) is 2. The van der Waals surface area contributed by atoms with E-state index in [9.17, 15) is 0 Å². The molecule has 1 saturated heterocycles. The molecule has 0 saturated carbocycles. The zero-order valence-electron chi connectivity index (χ0n) is 8.87. The van der Waals surface area contributed by atoms with E-state index in [1.54, 1.807) is 0 Å². The van der Waals surface area contributed by atoms with Gasteiger partial charge >= 0.3 is 0 Å². The zero-order valence-corrected chi connectivity index (χ0v) is 10.5. The molecule has 82 valence electrons. The van der Waals surface area contributed by atoms with E-state index < -0.39 is 0 Å². The first-order chi connectivity index (χ1) is 7.19. The Bertz CT molecular complexity index is 349. The van der Waals surface area contributed by atoms with Crippen LogP contribution in [-0.4, -0.2) is 19.8 Å². The fourth-order valence-electron chi connectivity index (χ4n) is 2.08. The highest BCUT2D eigenvalue weighted by Gasteiger charge is 2.44. The Kier molecular flexibility index (Phi) is 3.14. The number of ether oxygens (including phenoxy) is 1. The first-order valence-electron chi connectivity index (χ1n) is 5.23. The highest BCUT2D eigenvalue weighted by atomic mass is 79.9. The largest absolute Gasteiger partial charge is 0.379 e. The third kappa shape index (κ3) is 1.84. The maximum Gasteiger partial charge on any atom is 0.0588 e. The van der Waals surface area contributed by atoms with Gasteiger partial charge in [0.25, 0.3) is 0 Å². The molecular weight excluding hydrogens is 254 g/mol. The lowest BCUT2D eigenvalue weighted by Crippen LogP contribution is -2.53. The van der Waals surface area contributed by atoms with E-state index in [0.717, 1.165) is 17.7 Å². The van der Waals surface area contributed by atoms with Crippen molar-refractivity contribution in [2.45, 2.75) is 12.3 Å². The van der Waals surface area contributed by atoms with E-state index in [-0.39, 0.29) is 5.41 Å². The highest BCUT2D eigenvalue weighted by molar-refractivity contribution is 9.10. The fourth-order valence-corrected chi connectivity index (χ4v) is 2.48. The normalized spacial score (nSPS) is 20.7. The van der Waals surface area contributed by atoms with E-state index in [4.69, 9.17) is 10.5 Å². The highest BCUT2D eigenvalue weighted by Crippen LogP contribution is 2.39. The molecule has 0 radical (unpaired) electrons. The molecule has 0 bridgehead atoms. The van der Waals surface area contributed by atoms with Crippen molar-refractivity contribution in [3.8, 4) is 0 Å². The first-order valence-corrected chi connectivity index (χ1v) is 6.02. The zero-order chi connectivity index (χ0) is 10.9. The van der Waals surface area contributed by atoms with Crippen molar-refractivity contribution < 1.29 is 4.74 Å². The molecule has 1 aromatic carbocycles. The summed E-state index contributed by atoms with van der Waals surface area (Å²) in [6.07, 6.45) is 0. The van der Waals surface area contributed by atoms with Crippen LogP contribution in [0.3, 0.4) is 0 Å². The summed E-state index contributed by atoms with van der Waals surface area (Å²) in [5.74, 6) is 0.459. The molecule has 2 N–H and O–H groups in total. The molecule has 0 amide bonds. The Morgan fingerprint density at radius 3 is 2.73 bits per heavy atom. The van der Waals surface area contributed by atoms with Gasteiger partial charge in [-0.2, -0.15) is 0 Å². The smallest absolute Gasteiger partial charge is 0.0588 e. The number of nitrogens with two attached hydrogens (primary N) is 1. The van der Waals surface area contributed by atoms with Crippen molar-refractivity contribution in [1.82, 2.24) is 0 Å². The Morgan fingerprint density at radius 2 is 2.27 bits per heavy atom. The van der Waals surface area contributed by atoms with Crippen molar-refractivity contribution in [2.24, 2.45) is 11.7 Å². The average Bonchev–Trinajstić information content (AvgIpc) is 2.16. The van der Waals surface area contributed by atoms with Gasteiger partial charge in [0.15, 0.2) is 0 Å². The van der Waals surface area contributed by atoms with Crippen LogP contribution in [0.2, 0.25) is 0 Å². The van der Waals surface area contributed by atoms with Crippen LogP contribution in [0.15, 0.2) is 28.7 Å². The third-order valence-corrected chi connectivity index (χ3v) is 3.91. The Morgan fingerprint density at radius 1 is 1.53 bits per heavy atom. The predicted octanol–water partition coefficient (Wildman–Crippen LogP) is 2.31. The van der Waals surface area contributed by atoms with Gasteiger partial charge in [0.1, 0.15) is 0 Å². The van der Waals surface area contributed by atoms with E-state index in [0.29, 0.717) is 12.5 Å². The Balaban J connectivity index is 2.34. The fraction of sp³-hybridized carbons (Fsp3) is 0.500. The molecule has 1 heterocycles. The van der Waals surface area contributed by atoms with Crippen LogP contribution < -0.4 is 5.73 Å². The second-order valence-electron chi connectivity index (χ2n) is 4.30. The van der Waals surface area contributed by atoms with Gasteiger partial charge in [-0.25, -0.2) is 0 Å². The van der Waals surface area contributed by atoms with Crippen LogP contribution in [0, 0.1) is 5.92 Å². The summed E-state index contributed by atoms with van der Waals surface area (Å²) in [5, 5.41) is 0. The van der Waals surface area contributed by atoms with Gasteiger partial charge in [0.2, 0.25) is 0 Å². The second kappa shape index (κ2) is 4.24. The van der Waals surface area contributed by atoms with E-state index in [1.807, 2.05) is 6.07 Å². The Hall–Kier alpha value is -0.380. The number of rotatable bonds is 3. The lowest BCUT2D eigenvalue weighted by atomic mass is 9.69. The summed E-state index contributed by atoms with van der Waals surface area (Å²) in [6, 6.07) is 8.46. The molecule has 0 spiro atoms. The van der Waals surface area contributed by atoms with Crippen LogP contribution >= 0.6 is 15.9 Å². The van der Waals surface area contributed by atoms with Crippen LogP contribution in [0.25, 0.3) is 0 Å². The molecule has 15 heavy (non-hydrogen) atoms. The van der Waals surface area contributed by atoms with Gasteiger partial charge in [0.05, 0.1) is 13.2 Å². The van der Waals surface area contributed by atoms with Gasteiger partial charge in [-0.1, -0.05) is 35.0 Å². The molecule has 2 rings (SSSR count). The molecule has 1 aliphatic heterocycles. The topological polar surface area (TPSA) is 35.2 Å². The number of benzene rings is 1. The van der Waals surface area contributed by atoms with Crippen molar-refractivity contribution in [1.29, 1.82) is 0 Å². The lowest BCUT2D eigenvalue weighted by molar-refractivity contribution is -0.0854. The molecule has 0 aromatic heterocycles. The van der Waals surface area contributed by atoms with E-state index in [1.165, 1.54) is 5.56 Å². The molecule has 2 nitrogen and oxygen atoms in total. The standard InChI is InChI=1S/C12H16BrNO/c1-9(6-14)12(7-15-8-12)10-3-2-4-11(13)5-10/h2-5,9H,6-8,14H2,1H3. The van der Waals surface area contributed by atoms with Crippen molar-refractivity contribution in [3.05, 3.63) is 34.3 Å². The third-order valence-electron chi connectivity index (χ3n) is 3.42. The van der Waals surface area contributed by atoms with Crippen LogP contribution in [0.4, 0.5) is 0 Å². The van der Waals surface area contributed by atoms with Crippen LogP contribution in [-0.2, 0) is 10.2 Å². The quantitative estimate of drug-likeness (QED) is 0.914. The van der Waals surface area contributed by atoms with Crippen molar-refractivity contribution in [3.63, 3.8) is 0 Å². The molecule has 0 aliphatic carbocycles. The van der Waals surface area contributed by atoms with Gasteiger partial charge < -0.3 is 10.5 Å². The van der Waals surface area contributed by atoms with Crippen molar-refractivity contribution in [2.75, 3.05) is 19.8 Å². The summed E-state index contributed by atoms with van der Waals surface area (Å²) >= 11 is 3.51. The lowest BCUT2D eigenvalue weighted by Gasteiger charge is -2.46. The number of hydrogen-bond donors (Lipinski definition) is 1. The molecular formula is C12H16BrNO. The maximum atomic E-state index is 5.78. The molecule has 1 aliphatic rings. The molecule has 1 unspecified atom stereocenters. The van der Waals surface area contributed by atoms with E-state index >= 15 is 0 Å². The summed E-state index contributed by atoms with van der Waals surface area (Å²) in [4.78, 5) is 0. The molecule has 3 heteroatoms. The maximum absolute atomic E-state index is 5.78. The molecule has 1 fully saturated rings.